The summed E-state index contributed by atoms with van der Waals surface area (Å²) in [6, 6.07) is 6.10. The van der Waals surface area contributed by atoms with E-state index in [4.69, 9.17) is 22.7 Å². The van der Waals surface area contributed by atoms with Crippen LogP contribution in [0.1, 0.15) is 18.9 Å². The Labute approximate surface area is 116 Å². The topological polar surface area (TPSA) is 53.1 Å². The smallest absolute Gasteiger partial charge is 0.0920 e. The third kappa shape index (κ3) is 4.66. The van der Waals surface area contributed by atoms with Crippen molar-refractivity contribution in [3.63, 3.8) is 0 Å². The van der Waals surface area contributed by atoms with E-state index < -0.39 is 0 Å². The van der Waals surface area contributed by atoms with Gasteiger partial charge in [-0.25, -0.2) is 0 Å². The van der Waals surface area contributed by atoms with Crippen LogP contribution in [0.5, 0.6) is 0 Å². The van der Waals surface area contributed by atoms with Crippen LogP contribution in [0.2, 0.25) is 5.02 Å². The van der Waals surface area contributed by atoms with Crippen LogP contribution >= 0.6 is 27.5 Å². The molecule has 0 aliphatic carbocycles. The van der Waals surface area contributed by atoms with Crippen LogP contribution in [0, 0.1) is 5.41 Å². The van der Waals surface area contributed by atoms with Crippen molar-refractivity contribution in [1.29, 1.82) is 5.41 Å². The van der Waals surface area contributed by atoms with Crippen molar-refractivity contribution in [2.45, 2.75) is 25.9 Å². The second-order valence-electron chi connectivity index (χ2n) is 4.23. The van der Waals surface area contributed by atoms with Gasteiger partial charge in [0.2, 0.25) is 0 Å². The lowest BCUT2D eigenvalue weighted by Crippen LogP contribution is -2.32. The molecule has 3 nitrogen and oxygen atoms in total. The molecule has 0 spiro atoms. The fourth-order valence-corrected chi connectivity index (χ4v) is 2.28. The van der Waals surface area contributed by atoms with Crippen molar-refractivity contribution in [3.05, 3.63) is 33.3 Å². The standard InChI is InChI=1S/C12H17BrClN3/c1-8(5-12(15)16)17(2)7-9-3-4-10(13)6-11(9)14/h3-4,6,8H,5,7H2,1-2H3,(H3,15,16). The first-order chi connectivity index (χ1) is 7.90. The summed E-state index contributed by atoms with van der Waals surface area (Å²) in [4.78, 5) is 2.14. The molecule has 1 rings (SSSR count). The van der Waals surface area contributed by atoms with Gasteiger partial charge < -0.3 is 5.73 Å². The van der Waals surface area contributed by atoms with Gasteiger partial charge in [-0.2, -0.15) is 0 Å². The van der Waals surface area contributed by atoms with Crippen LogP contribution < -0.4 is 5.73 Å². The fourth-order valence-electron chi connectivity index (χ4n) is 1.55. The summed E-state index contributed by atoms with van der Waals surface area (Å²) in [5, 5.41) is 8.04. The summed E-state index contributed by atoms with van der Waals surface area (Å²) in [5.41, 5.74) is 6.48. The molecule has 0 heterocycles. The zero-order valence-corrected chi connectivity index (χ0v) is 12.3. The highest BCUT2D eigenvalue weighted by Crippen LogP contribution is 2.23. The van der Waals surface area contributed by atoms with Gasteiger partial charge >= 0.3 is 0 Å². The van der Waals surface area contributed by atoms with Gasteiger partial charge in [0.15, 0.2) is 0 Å². The van der Waals surface area contributed by atoms with E-state index in [1.165, 1.54) is 0 Å². The van der Waals surface area contributed by atoms with E-state index in [2.05, 4.69) is 20.8 Å². The zero-order chi connectivity index (χ0) is 13.0. The average Bonchev–Trinajstić information content (AvgIpc) is 2.21. The molecule has 0 saturated carbocycles. The van der Waals surface area contributed by atoms with Crippen LogP contribution in [-0.4, -0.2) is 23.8 Å². The number of hydrogen-bond donors (Lipinski definition) is 2. The van der Waals surface area contributed by atoms with E-state index in [1.807, 2.05) is 32.2 Å². The first-order valence-corrected chi connectivity index (χ1v) is 6.54. The van der Waals surface area contributed by atoms with Gasteiger partial charge in [0, 0.05) is 28.5 Å². The maximum Gasteiger partial charge on any atom is 0.0920 e. The van der Waals surface area contributed by atoms with Gasteiger partial charge in [-0.3, -0.25) is 10.3 Å². The lowest BCUT2D eigenvalue weighted by atomic mass is 10.1. The van der Waals surface area contributed by atoms with E-state index in [1.54, 1.807) is 0 Å². The highest BCUT2D eigenvalue weighted by molar-refractivity contribution is 9.10. The van der Waals surface area contributed by atoms with Gasteiger partial charge in [0.05, 0.1) is 5.84 Å². The first kappa shape index (κ1) is 14.5. The molecule has 17 heavy (non-hydrogen) atoms. The fraction of sp³-hybridized carbons (Fsp3) is 0.417. The predicted octanol–water partition coefficient (Wildman–Crippen LogP) is 3.25. The van der Waals surface area contributed by atoms with Crippen molar-refractivity contribution >= 4 is 33.4 Å². The van der Waals surface area contributed by atoms with Crippen molar-refractivity contribution in [2.24, 2.45) is 5.73 Å². The minimum atomic E-state index is 0.214. The molecule has 1 aromatic carbocycles. The summed E-state index contributed by atoms with van der Waals surface area (Å²) < 4.78 is 0.977. The Hall–Kier alpha value is -0.580. The quantitative estimate of drug-likeness (QED) is 0.647. The molecule has 0 aromatic heterocycles. The maximum atomic E-state index is 7.29. The van der Waals surface area contributed by atoms with Gasteiger partial charge in [-0.05, 0) is 31.7 Å². The summed E-state index contributed by atoms with van der Waals surface area (Å²) >= 11 is 9.54. The molecular formula is C12H17BrClN3. The molecule has 0 fully saturated rings. The number of nitrogens with two attached hydrogens (primary N) is 1. The number of nitrogens with zero attached hydrogens (tertiary/aromatic N) is 1. The monoisotopic (exact) mass is 317 g/mol. The van der Waals surface area contributed by atoms with Crippen LogP contribution in [0.25, 0.3) is 0 Å². The van der Waals surface area contributed by atoms with Gasteiger partial charge in [-0.1, -0.05) is 33.6 Å². The Balaban J connectivity index is 2.67. The first-order valence-electron chi connectivity index (χ1n) is 5.37. The molecule has 94 valence electrons. The molecule has 0 aliphatic heterocycles. The van der Waals surface area contributed by atoms with Gasteiger partial charge in [0.25, 0.3) is 0 Å². The molecule has 0 saturated heterocycles. The lowest BCUT2D eigenvalue weighted by Gasteiger charge is -2.24. The van der Waals surface area contributed by atoms with Crippen LogP contribution in [0.4, 0.5) is 0 Å². The Morgan fingerprint density at radius 1 is 1.59 bits per heavy atom. The second kappa shape index (κ2) is 6.38. The molecule has 0 aliphatic rings. The van der Waals surface area contributed by atoms with E-state index in [0.717, 1.165) is 21.6 Å². The number of halogens is 2. The molecule has 1 atom stereocenters. The highest BCUT2D eigenvalue weighted by atomic mass is 79.9. The Bertz CT molecular complexity index is 409. The van der Waals surface area contributed by atoms with Gasteiger partial charge in [0.1, 0.15) is 0 Å². The average molecular weight is 319 g/mol. The minimum absolute atomic E-state index is 0.214. The molecule has 0 amide bonds. The summed E-state index contributed by atoms with van der Waals surface area (Å²) in [5.74, 6) is 0.214. The molecule has 1 unspecified atom stereocenters. The van der Waals surface area contributed by atoms with Crippen LogP contribution in [-0.2, 0) is 6.54 Å². The van der Waals surface area contributed by atoms with Crippen LogP contribution in [0.15, 0.2) is 22.7 Å². The van der Waals surface area contributed by atoms with Crippen molar-refractivity contribution < 1.29 is 0 Å². The third-order valence-electron chi connectivity index (χ3n) is 2.70. The number of nitrogens with one attached hydrogen (secondary N) is 1. The van der Waals surface area contributed by atoms with Gasteiger partial charge in [-0.15, -0.1) is 0 Å². The molecule has 0 radical (unpaired) electrons. The van der Waals surface area contributed by atoms with Crippen molar-refractivity contribution in [1.82, 2.24) is 4.90 Å². The molecule has 1 aromatic rings. The molecule has 5 heteroatoms. The Morgan fingerprint density at radius 3 is 2.76 bits per heavy atom. The second-order valence-corrected chi connectivity index (χ2v) is 5.55. The summed E-state index contributed by atoms with van der Waals surface area (Å²) in [6.07, 6.45) is 0.574. The third-order valence-corrected chi connectivity index (χ3v) is 3.55. The Kier molecular flexibility index (Phi) is 5.43. The zero-order valence-electron chi connectivity index (χ0n) is 10.0. The van der Waals surface area contributed by atoms with E-state index in [-0.39, 0.29) is 11.9 Å². The molecule has 3 N–H and O–H groups in total. The maximum absolute atomic E-state index is 7.29. The largest absolute Gasteiger partial charge is 0.388 e. The number of benzene rings is 1. The van der Waals surface area contributed by atoms with Crippen LogP contribution in [0.3, 0.4) is 0 Å². The lowest BCUT2D eigenvalue weighted by molar-refractivity contribution is 0.254. The predicted molar refractivity (Wildman–Crippen MR) is 76.6 cm³/mol. The SMILES string of the molecule is CC(CC(=N)N)N(C)Cc1ccc(Br)cc1Cl. The molecular weight excluding hydrogens is 302 g/mol. The number of rotatable bonds is 5. The van der Waals surface area contributed by atoms with Crippen molar-refractivity contribution in [2.75, 3.05) is 7.05 Å². The van der Waals surface area contributed by atoms with Crippen molar-refractivity contribution in [3.8, 4) is 0 Å². The number of hydrogen-bond acceptors (Lipinski definition) is 2. The Morgan fingerprint density at radius 2 is 2.24 bits per heavy atom. The van der Waals surface area contributed by atoms with E-state index in [0.29, 0.717) is 6.42 Å². The minimum Gasteiger partial charge on any atom is -0.388 e. The molecule has 0 bridgehead atoms. The summed E-state index contributed by atoms with van der Waals surface area (Å²) in [7, 11) is 2.01. The summed E-state index contributed by atoms with van der Waals surface area (Å²) in [6.45, 7) is 2.80. The highest BCUT2D eigenvalue weighted by Gasteiger charge is 2.12. The number of amidine groups is 1. The van der Waals surface area contributed by atoms with E-state index >= 15 is 0 Å². The normalized spacial score (nSPS) is 12.8. The van der Waals surface area contributed by atoms with E-state index in [9.17, 15) is 0 Å².